The van der Waals surface area contributed by atoms with Gasteiger partial charge in [-0.2, -0.15) is 0 Å². The van der Waals surface area contributed by atoms with Gasteiger partial charge in [0.05, 0.1) is 11.4 Å². The molecule has 7 aromatic rings. The molecular formula is C57H53N. The van der Waals surface area contributed by atoms with Crippen LogP contribution in [0.15, 0.2) is 152 Å². The third-order valence-electron chi connectivity index (χ3n) is 16.2. The lowest BCUT2D eigenvalue weighted by molar-refractivity contribution is 0.0192. The van der Waals surface area contributed by atoms with E-state index in [1.807, 2.05) is 0 Å². The highest BCUT2D eigenvalue weighted by Gasteiger charge is 2.59. The highest BCUT2D eigenvalue weighted by molar-refractivity contribution is 6.01. The fourth-order valence-corrected chi connectivity index (χ4v) is 13.9. The minimum atomic E-state index is 0.0378. The molecule has 4 unspecified atom stereocenters. The van der Waals surface area contributed by atoms with Crippen LogP contribution >= 0.6 is 0 Å². The van der Waals surface area contributed by atoms with Crippen molar-refractivity contribution in [1.82, 2.24) is 0 Å². The van der Waals surface area contributed by atoms with Crippen molar-refractivity contribution >= 4 is 27.8 Å². The van der Waals surface area contributed by atoms with Crippen molar-refractivity contribution in [3.63, 3.8) is 0 Å². The predicted molar refractivity (Wildman–Crippen MR) is 243 cm³/mol. The van der Waals surface area contributed by atoms with Crippen molar-refractivity contribution in [2.45, 2.75) is 82.5 Å². The van der Waals surface area contributed by atoms with Crippen LogP contribution in [0.4, 0.5) is 17.1 Å². The van der Waals surface area contributed by atoms with E-state index in [9.17, 15) is 0 Å². The Balaban J connectivity index is 1.12. The zero-order valence-corrected chi connectivity index (χ0v) is 34.1. The van der Waals surface area contributed by atoms with E-state index < -0.39 is 0 Å². The molecule has 5 aliphatic rings. The van der Waals surface area contributed by atoms with Crippen LogP contribution in [0.1, 0.15) is 93.9 Å². The molecule has 0 N–H and O–H groups in total. The molecule has 1 heteroatoms. The second-order valence-electron chi connectivity index (χ2n) is 18.7. The van der Waals surface area contributed by atoms with Crippen LogP contribution in [-0.4, -0.2) is 0 Å². The van der Waals surface area contributed by atoms with Crippen LogP contribution in [0.5, 0.6) is 0 Å². The zero-order valence-electron chi connectivity index (χ0n) is 34.1. The smallest absolute Gasteiger partial charge is 0.0543 e. The van der Waals surface area contributed by atoms with Gasteiger partial charge in [-0.05, 0) is 129 Å². The number of hydrogen-bond donors (Lipinski definition) is 0. The van der Waals surface area contributed by atoms with E-state index in [0.717, 1.165) is 5.92 Å². The monoisotopic (exact) mass is 751 g/mol. The van der Waals surface area contributed by atoms with Crippen molar-refractivity contribution in [3.05, 3.63) is 174 Å². The first-order valence-corrected chi connectivity index (χ1v) is 22.5. The van der Waals surface area contributed by atoms with E-state index in [2.05, 4.69) is 170 Å². The lowest BCUT2D eigenvalue weighted by Gasteiger charge is -2.56. The molecule has 7 aromatic carbocycles. The zero-order chi connectivity index (χ0) is 38.6. The quantitative estimate of drug-likeness (QED) is 0.169. The minimum Gasteiger partial charge on any atom is -0.309 e. The number of hydrogen-bond acceptors (Lipinski definition) is 1. The molecule has 2 bridgehead atoms. The molecule has 0 heterocycles. The van der Waals surface area contributed by atoms with Crippen molar-refractivity contribution in [1.29, 1.82) is 0 Å². The molecule has 58 heavy (non-hydrogen) atoms. The Morgan fingerprint density at radius 2 is 1.16 bits per heavy atom. The summed E-state index contributed by atoms with van der Waals surface area (Å²) in [6, 6.07) is 58.8. The van der Waals surface area contributed by atoms with Gasteiger partial charge in [-0.1, -0.05) is 173 Å². The molecule has 286 valence electrons. The fraction of sp³-hybridized carbons (Fsp3) is 0.298. The predicted octanol–water partition coefficient (Wildman–Crippen LogP) is 15.6. The molecule has 5 aliphatic carbocycles. The Morgan fingerprint density at radius 3 is 1.93 bits per heavy atom. The van der Waals surface area contributed by atoms with E-state index in [0.29, 0.717) is 17.8 Å². The Bertz CT molecular complexity index is 2720. The van der Waals surface area contributed by atoms with Gasteiger partial charge >= 0.3 is 0 Å². The normalized spacial score (nSPS) is 24.4. The van der Waals surface area contributed by atoms with Gasteiger partial charge in [0.15, 0.2) is 0 Å². The van der Waals surface area contributed by atoms with Gasteiger partial charge < -0.3 is 4.90 Å². The Hall–Kier alpha value is -5.40. The average Bonchev–Trinajstić information content (AvgIpc) is 3.97. The molecule has 3 fully saturated rings. The lowest BCUT2D eigenvalue weighted by Crippen LogP contribution is -2.51. The van der Waals surface area contributed by atoms with E-state index in [1.165, 1.54) is 130 Å². The summed E-state index contributed by atoms with van der Waals surface area (Å²) in [6.07, 6.45) is 11.7. The summed E-state index contributed by atoms with van der Waals surface area (Å²) in [6.45, 7) is 5.06. The molecule has 0 amide bonds. The van der Waals surface area contributed by atoms with Crippen LogP contribution in [0.2, 0.25) is 0 Å². The molecule has 2 spiro atoms. The van der Waals surface area contributed by atoms with Crippen LogP contribution < -0.4 is 4.90 Å². The number of benzene rings is 7. The van der Waals surface area contributed by atoms with Crippen LogP contribution in [0.3, 0.4) is 0 Å². The third kappa shape index (κ3) is 4.65. The molecule has 0 aliphatic heterocycles. The van der Waals surface area contributed by atoms with Gasteiger partial charge in [-0.3, -0.25) is 0 Å². The first-order chi connectivity index (χ1) is 28.6. The minimum absolute atomic E-state index is 0.0378. The summed E-state index contributed by atoms with van der Waals surface area (Å²) in [5.74, 6) is 2.87. The average molecular weight is 752 g/mol. The van der Waals surface area contributed by atoms with Gasteiger partial charge in [0.25, 0.3) is 0 Å². The van der Waals surface area contributed by atoms with Gasteiger partial charge in [0.1, 0.15) is 0 Å². The molecule has 0 saturated heterocycles. The van der Waals surface area contributed by atoms with Crippen molar-refractivity contribution in [3.8, 4) is 33.4 Å². The Labute approximate surface area is 344 Å². The number of fused-ring (bicyclic) bond motifs is 14. The molecule has 1 nitrogen and oxygen atoms in total. The summed E-state index contributed by atoms with van der Waals surface area (Å²) < 4.78 is 0. The highest BCUT2D eigenvalue weighted by atomic mass is 15.1. The standard InChI is InChI=1S/C57H53N/c1-3-41-35-38-28-27-37(2)51(36-38)57(41)48-22-9-7-19-46(48)55-50(57)24-14-26-53(55)58(42-31-29-40(30-32-42)44-20-12-16-39-15-4-5-17-43(39)44)52-25-13-23-49-54(52)45-18-6-8-21-47(45)56(49)33-10-11-34-56/h4-9,12-26,29-32,37-38,41,51H,3,10-11,27-28,33-36H2,1-2H3/t37-,38?,41?,51?,57?/m0/s1. The maximum Gasteiger partial charge on any atom is 0.0543 e. The fourth-order valence-electron chi connectivity index (χ4n) is 13.9. The molecular weight excluding hydrogens is 699 g/mol. The largest absolute Gasteiger partial charge is 0.309 e. The summed E-state index contributed by atoms with van der Waals surface area (Å²) in [4.78, 5) is 2.68. The molecule has 5 atom stereocenters. The van der Waals surface area contributed by atoms with Crippen molar-refractivity contribution < 1.29 is 0 Å². The maximum absolute atomic E-state index is 2.68. The summed E-state index contributed by atoms with van der Waals surface area (Å²) in [7, 11) is 0. The van der Waals surface area contributed by atoms with Crippen molar-refractivity contribution in [2.75, 3.05) is 4.90 Å². The van der Waals surface area contributed by atoms with Crippen molar-refractivity contribution in [2.24, 2.45) is 23.7 Å². The van der Waals surface area contributed by atoms with Crippen LogP contribution in [-0.2, 0) is 10.8 Å². The first kappa shape index (κ1) is 34.6. The van der Waals surface area contributed by atoms with E-state index >= 15 is 0 Å². The van der Waals surface area contributed by atoms with E-state index in [4.69, 9.17) is 0 Å². The first-order valence-electron chi connectivity index (χ1n) is 22.5. The molecule has 12 rings (SSSR count). The summed E-state index contributed by atoms with van der Waals surface area (Å²) >= 11 is 0. The van der Waals surface area contributed by atoms with Gasteiger partial charge in [0.2, 0.25) is 0 Å². The van der Waals surface area contributed by atoms with E-state index in [-0.39, 0.29) is 10.8 Å². The number of nitrogens with zero attached hydrogens (tertiary/aromatic N) is 1. The highest BCUT2D eigenvalue weighted by Crippen LogP contribution is 2.68. The Kier molecular flexibility index (Phi) is 7.79. The summed E-state index contributed by atoms with van der Waals surface area (Å²) in [5.41, 5.74) is 18.6. The van der Waals surface area contributed by atoms with Crippen LogP contribution in [0, 0.1) is 23.7 Å². The summed E-state index contributed by atoms with van der Waals surface area (Å²) in [5, 5.41) is 2.58. The number of anilines is 3. The SMILES string of the molecule is CCC1CC2CC[C@H](C)C(C2)C12c1ccccc1-c1c(N(c3ccc(-c4cccc5ccccc45)cc3)c3cccc4c3-c3ccccc3C43CCCC3)cccc12. The molecule has 3 saturated carbocycles. The van der Waals surface area contributed by atoms with Gasteiger partial charge in [-0.25, -0.2) is 0 Å². The second-order valence-corrected chi connectivity index (χ2v) is 18.7. The lowest BCUT2D eigenvalue weighted by atomic mass is 9.47. The maximum atomic E-state index is 2.68. The number of rotatable bonds is 5. The molecule has 0 aromatic heterocycles. The van der Waals surface area contributed by atoms with Crippen LogP contribution in [0.25, 0.3) is 44.2 Å². The molecule has 0 radical (unpaired) electrons. The van der Waals surface area contributed by atoms with Gasteiger partial charge in [0, 0.05) is 27.6 Å². The van der Waals surface area contributed by atoms with E-state index in [1.54, 1.807) is 11.1 Å². The third-order valence-corrected chi connectivity index (χ3v) is 16.2. The topological polar surface area (TPSA) is 3.24 Å². The Morgan fingerprint density at radius 1 is 0.552 bits per heavy atom. The second kappa shape index (κ2) is 13.1. The van der Waals surface area contributed by atoms with Gasteiger partial charge in [-0.15, -0.1) is 0 Å².